The summed E-state index contributed by atoms with van der Waals surface area (Å²) in [4.78, 5) is 16.7. The van der Waals surface area contributed by atoms with Gasteiger partial charge in [-0.15, -0.1) is 0 Å². The van der Waals surface area contributed by atoms with Crippen LogP contribution in [-0.4, -0.2) is 44.1 Å². The number of rotatable bonds is 6. The number of methoxy groups -OCH3 is 1. The molecular formula is C21H26N2O2. The lowest BCUT2D eigenvalue weighted by Crippen LogP contribution is -2.48. The monoisotopic (exact) mass is 338 g/mol. The molecule has 0 atom stereocenters. The number of amides is 1. The molecule has 2 aromatic rings. The zero-order chi connectivity index (χ0) is 17.5. The summed E-state index contributed by atoms with van der Waals surface area (Å²) in [5, 5.41) is 0. The third-order valence-corrected chi connectivity index (χ3v) is 4.77. The Morgan fingerprint density at radius 2 is 1.64 bits per heavy atom. The first-order chi connectivity index (χ1) is 12.3. The van der Waals surface area contributed by atoms with Crippen LogP contribution < -0.4 is 9.64 Å². The molecule has 1 saturated heterocycles. The number of nitrogens with zero attached hydrogens (tertiary/aromatic N) is 2. The lowest BCUT2D eigenvalue weighted by Gasteiger charge is -2.36. The van der Waals surface area contributed by atoms with E-state index in [9.17, 15) is 4.79 Å². The van der Waals surface area contributed by atoms with E-state index in [-0.39, 0.29) is 5.91 Å². The van der Waals surface area contributed by atoms with Crippen molar-refractivity contribution in [3.05, 3.63) is 60.2 Å². The molecule has 0 aliphatic carbocycles. The Bertz CT molecular complexity index is 662. The van der Waals surface area contributed by atoms with Gasteiger partial charge in [0.1, 0.15) is 5.75 Å². The average Bonchev–Trinajstić information content (AvgIpc) is 2.69. The summed E-state index contributed by atoms with van der Waals surface area (Å²) in [6.45, 7) is 3.37. The molecule has 0 saturated carbocycles. The van der Waals surface area contributed by atoms with Crippen molar-refractivity contribution in [1.29, 1.82) is 0 Å². The van der Waals surface area contributed by atoms with Crippen LogP contribution in [0.5, 0.6) is 5.75 Å². The third kappa shape index (κ3) is 4.75. The van der Waals surface area contributed by atoms with Crippen molar-refractivity contribution < 1.29 is 9.53 Å². The Hall–Kier alpha value is -2.49. The van der Waals surface area contributed by atoms with Crippen LogP contribution in [0.2, 0.25) is 0 Å². The van der Waals surface area contributed by atoms with Gasteiger partial charge < -0.3 is 14.5 Å². The molecule has 2 aromatic carbocycles. The second-order valence-electron chi connectivity index (χ2n) is 6.41. The normalized spacial score (nSPS) is 14.4. The fraction of sp³-hybridized carbons (Fsp3) is 0.381. The maximum Gasteiger partial charge on any atom is 0.222 e. The van der Waals surface area contributed by atoms with Gasteiger partial charge in [-0.2, -0.15) is 0 Å². The first-order valence-electron chi connectivity index (χ1n) is 8.97. The van der Waals surface area contributed by atoms with Crippen LogP contribution in [0.25, 0.3) is 0 Å². The SMILES string of the molecule is COc1ccc(N2CCN(C(=O)CCCc3ccccc3)CC2)cc1. The maximum atomic E-state index is 12.4. The Kier molecular flexibility index (Phi) is 5.94. The number of piperazine rings is 1. The van der Waals surface area contributed by atoms with Crippen molar-refractivity contribution in [3.63, 3.8) is 0 Å². The second-order valence-corrected chi connectivity index (χ2v) is 6.41. The maximum absolute atomic E-state index is 12.4. The van der Waals surface area contributed by atoms with Crippen molar-refractivity contribution in [1.82, 2.24) is 4.90 Å². The van der Waals surface area contributed by atoms with Crippen LogP contribution in [-0.2, 0) is 11.2 Å². The van der Waals surface area contributed by atoms with Crippen LogP contribution in [0.3, 0.4) is 0 Å². The summed E-state index contributed by atoms with van der Waals surface area (Å²) in [5.74, 6) is 1.15. The van der Waals surface area contributed by atoms with Gasteiger partial charge in [-0.1, -0.05) is 30.3 Å². The molecular weight excluding hydrogens is 312 g/mol. The van der Waals surface area contributed by atoms with Crippen molar-refractivity contribution in [2.75, 3.05) is 38.2 Å². The Balaban J connectivity index is 1.42. The minimum absolute atomic E-state index is 0.283. The van der Waals surface area contributed by atoms with E-state index in [4.69, 9.17) is 4.74 Å². The molecule has 132 valence electrons. The van der Waals surface area contributed by atoms with Gasteiger partial charge in [-0.3, -0.25) is 4.79 Å². The second kappa shape index (κ2) is 8.56. The quantitative estimate of drug-likeness (QED) is 0.810. The lowest BCUT2D eigenvalue weighted by atomic mass is 10.1. The Morgan fingerprint density at radius 3 is 2.28 bits per heavy atom. The molecule has 0 N–H and O–H groups in total. The minimum Gasteiger partial charge on any atom is -0.497 e. The van der Waals surface area contributed by atoms with Crippen LogP contribution >= 0.6 is 0 Å². The van der Waals surface area contributed by atoms with Gasteiger partial charge in [0.05, 0.1) is 7.11 Å². The lowest BCUT2D eigenvalue weighted by molar-refractivity contribution is -0.131. The van der Waals surface area contributed by atoms with Crippen molar-refractivity contribution >= 4 is 11.6 Å². The summed E-state index contributed by atoms with van der Waals surface area (Å²) in [6, 6.07) is 18.5. The van der Waals surface area contributed by atoms with Gasteiger partial charge in [-0.05, 0) is 42.7 Å². The topological polar surface area (TPSA) is 32.8 Å². The van der Waals surface area contributed by atoms with E-state index in [0.29, 0.717) is 6.42 Å². The molecule has 1 aliphatic rings. The smallest absolute Gasteiger partial charge is 0.222 e. The molecule has 4 nitrogen and oxygen atoms in total. The number of anilines is 1. The Morgan fingerprint density at radius 1 is 0.960 bits per heavy atom. The van der Waals surface area contributed by atoms with E-state index in [2.05, 4.69) is 41.3 Å². The first kappa shape index (κ1) is 17.3. The zero-order valence-electron chi connectivity index (χ0n) is 14.9. The first-order valence-corrected chi connectivity index (χ1v) is 8.97. The van der Waals surface area contributed by atoms with Gasteiger partial charge in [0.25, 0.3) is 0 Å². The van der Waals surface area contributed by atoms with Gasteiger partial charge in [0.2, 0.25) is 5.91 Å². The molecule has 0 bridgehead atoms. The van der Waals surface area contributed by atoms with Gasteiger partial charge in [0.15, 0.2) is 0 Å². The summed E-state index contributed by atoms with van der Waals surface area (Å²) < 4.78 is 5.20. The van der Waals surface area contributed by atoms with Gasteiger partial charge >= 0.3 is 0 Å². The van der Waals surface area contributed by atoms with Crippen molar-refractivity contribution in [2.24, 2.45) is 0 Å². The number of benzene rings is 2. The van der Waals surface area contributed by atoms with Gasteiger partial charge in [-0.25, -0.2) is 0 Å². The molecule has 0 aromatic heterocycles. The number of carbonyl (C=O) groups is 1. The van der Waals surface area contributed by atoms with E-state index in [1.165, 1.54) is 11.3 Å². The van der Waals surface area contributed by atoms with E-state index in [1.54, 1.807) is 7.11 Å². The summed E-state index contributed by atoms with van der Waals surface area (Å²) in [6.07, 6.45) is 2.53. The minimum atomic E-state index is 0.283. The highest BCUT2D eigenvalue weighted by Gasteiger charge is 2.20. The highest BCUT2D eigenvalue weighted by Crippen LogP contribution is 2.20. The van der Waals surface area contributed by atoms with Crippen molar-refractivity contribution in [2.45, 2.75) is 19.3 Å². The fourth-order valence-corrected chi connectivity index (χ4v) is 3.25. The zero-order valence-corrected chi connectivity index (χ0v) is 14.9. The highest BCUT2D eigenvalue weighted by molar-refractivity contribution is 5.76. The Labute approximate surface area is 150 Å². The molecule has 1 aliphatic heterocycles. The summed E-state index contributed by atoms with van der Waals surface area (Å²) >= 11 is 0. The van der Waals surface area contributed by atoms with Crippen LogP contribution in [0, 0.1) is 0 Å². The third-order valence-electron chi connectivity index (χ3n) is 4.77. The van der Waals surface area contributed by atoms with Crippen molar-refractivity contribution in [3.8, 4) is 5.75 Å². The van der Waals surface area contributed by atoms with Crippen LogP contribution in [0.15, 0.2) is 54.6 Å². The molecule has 25 heavy (non-hydrogen) atoms. The van der Waals surface area contributed by atoms with E-state index in [1.807, 2.05) is 23.1 Å². The van der Waals surface area contributed by atoms with E-state index in [0.717, 1.165) is 44.8 Å². The van der Waals surface area contributed by atoms with Crippen LogP contribution in [0.1, 0.15) is 18.4 Å². The molecule has 0 unspecified atom stereocenters. The standard InChI is InChI=1S/C21H26N2O2/c1-25-20-12-10-19(11-13-20)22-14-16-23(17-15-22)21(24)9-5-8-18-6-3-2-4-7-18/h2-4,6-7,10-13H,5,8-9,14-17H2,1H3. The number of aryl methyl sites for hydroxylation is 1. The van der Waals surface area contributed by atoms with Crippen LogP contribution in [0.4, 0.5) is 5.69 Å². The number of ether oxygens (including phenoxy) is 1. The average molecular weight is 338 g/mol. The van der Waals surface area contributed by atoms with E-state index >= 15 is 0 Å². The van der Waals surface area contributed by atoms with E-state index < -0.39 is 0 Å². The molecule has 1 amide bonds. The predicted molar refractivity (Wildman–Crippen MR) is 101 cm³/mol. The molecule has 4 heteroatoms. The fourth-order valence-electron chi connectivity index (χ4n) is 3.25. The molecule has 1 heterocycles. The summed E-state index contributed by atoms with van der Waals surface area (Å²) in [5.41, 5.74) is 2.50. The molecule has 1 fully saturated rings. The predicted octanol–water partition coefficient (Wildman–Crippen LogP) is 3.37. The molecule has 0 radical (unpaired) electrons. The highest BCUT2D eigenvalue weighted by atomic mass is 16.5. The molecule has 3 rings (SSSR count). The molecule has 0 spiro atoms. The largest absolute Gasteiger partial charge is 0.497 e. The number of carbonyl (C=O) groups excluding carboxylic acids is 1. The number of hydrogen-bond donors (Lipinski definition) is 0. The van der Waals surface area contributed by atoms with Gasteiger partial charge in [0, 0.05) is 38.3 Å². The number of hydrogen-bond acceptors (Lipinski definition) is 3. The summed E-state index contributed by atoms with van der Waals surface area (Å²) in [7, 11) is 1.68.